The van der Waals surface area contributed by atoms with Gasteiger partial charge < -0.3 is 5.11 Å². The van der Waals surface area contributed by atoms with Crippen molar-refractivity contribution in [2.75, 3.05) is 11.1 Å². The second kappa shape index (κ2) is 6.82. The van der Waals surface area contributed by atoms with Crippen molar-refractivity contribution in [1.29, 1.82) is 0 Å². The molecule has 0 bridgehead atoms. The highest BCUT2D eigenvalue weighted by Crippen LogP contribution is 2.26. The van der Waals surface area contributed by atoms with E-state index in [2.05, 4.69) is 15.5 Å². The summed E-state index contributed by atoms with van der Waals surface area (Å²) in [7, 11) is 0. The third-order valence-corrected chi connectivity index (χ3v) is 5.19. The summed E-state index contributed by atoms with van der Waals surface area (Å²) in [5.41, 5.74) is 0.998. The molecule has 2 aromatic rings. The van der Waals surface area contributed by atoms with Gasteiger partial charge in [0.15, 0.2) is 4.34 Å². The van der Waals surface area contributed by atoms with Crippen molar-refractivity contribution in [3.63, 3.8) is 0 Å². The van der Waals surface area contributed by atoms with E-state index in [0.717, 1.165) is 35.1 Å². The maximum Gasteiger partial charge on any atom is 0.313 e. The Kier molecular flexibility index (Phi) is 5.10. The Bertz CT molecular complexity index is 623. The predicted molar refractivity (Wildman–Crippen MR) is 79.9 cm³/mol. The lowest BCUT2D eigenvalue weighted by Gasteiger charge is -2.00. The average molecular weight is 329 g/mol. The normalized spacial score (nSPS) is 10.4. The van der Waals surface area contributed by atoms with E-state index in [1.165, 1.54) is 11.3 Å². The number of carboxylic acids is 1. The zero-order valence-electron chi connectivity index (χ0n) is 10.5. The van der Waals surface area contributed by atoms with E-state index in [9.17, 15) is 9.59 Å². The van der Waals surface area contributed by atoms with Gasteiger partial charge in [-0.1, -0.05) is 30.0 Å². The van der Waals surface area contributed by atoms with Crippen molar-refractivity contribution in [1.82, 2.24) is 10.2 Å². The van der Waals surface area contributed by atoms with E-state index >= 15 is 0 Å². The fraction of sp³-hybridized carbons (Fsp3) is 0.273. The number of nitrogens with one attached hydrogen (secondary N) is 1. The molecule has 0 aliphatic carbocycles. The molecule has 6 nitrogen and oxygen atoms in total. The summed E-state index contributed by atoms with van der Waals surface area (Å²) in [4.78, 5) is 23.2. The molecule has 1 amide bonds. The number of aliphatic carboxylic acids is 1. The highest BCUT2D eigenvalue weighted by Gasteiger charge is 2.15. The van der Waals surface area contributed by atoms with Crippen LogP contribution in [0.5, 0.6) is 0 Å². The number of hydrogen-bond donors (Lipinski definition) is 2. The second-order valence-corrected chi connectivity index (χ2v) is 6.75. The molecule has 0 radical (unpaired) electrons. The van der Waals surface area contributed by atoms with Crippen molar-refractivity contribution >= 4 is 51.4 Å². The van der Waals surface area contributed by atoms with Gasteiger partial charge in [0.2, 0.25) is 5.13 Å². The second-order valence-electron chi connectivity index (χ2n) is 3.64. The Hall–Kier alpha value is -1.45. The van der Waals surface area contributed by atoms with E-state index in [-0.39, 0.29) is 11.7 Å². The summed E-state index contributed by atoms with van der Waals surface area (Å²) < 4.78 is 0.518. The zero-order chi connectivity index (χ0) is 14.5. The molecule has 106 valence electrons. The quantitative estimate of drug-likeness (QED) is 0.625. The Morgan fingerprint density at radius 1 is 1.45 bits per heavy atom. The van der Waals surface area contributed by atoms with Crippen LogP contribution in [0.25, 0.3) is 0 Å². The first-order chi connectivity index (χ1) is 9.60. The number of carbonyl (C=O) groups excluding carboxylic acids is 1. The average Bonchev–Trinajstić information content (AvgIpc) is 3.04. The molecule has 0 atom stereocenters. The van der Waals surface area contributed by atoms with Gasteiger partial charge in [-0.3, -0.25) is 14.9 Å². The molecule has 0 aromatic carbocycles. The highest BCUT2D eigenvalue weighted by molar-refractivity contribution is 8.01. The molecule has 2 N–H and O–H groups in total. The summed E-state index contributed by atoms with van der Waals surface area (Å²) >= 11 is 3.63. The van der Waals surface area contributed by atoms with E-state index in [0.29, 0.717) is 14.3 Å². The van der Waals surface area contributed by atoms with E-state index in [1.807, 2.05) is 18.4 Å². The molecular formula is C11H11N3O3S3. The Morgan fingerprint density at radius 2 is 2.25 bits per heavy atom. The van der Waals surface area contributed by atoms with E-state index in [4.69, 9.17) is 5.11 Å². The van der Waals surface area contributed by atoms with Crippen molar-refractivity contribution in [2.45, 2.75) is 17.7 Å². The number of nitrogens with zero attached hydrogens (tertiary/aromatic N) is 2. The fourth-order valence-corrected chi connectivity index (χ4v) is 3.77. The van der Waals surface area contributed by atoms with Crippen LogP contribution in [0.4, 0.5) is 5.13 Å². The molecule has 9 heteroatoms. The number of hydrogen-bond acceptors (Lipinski definition) is 7. The lowest BCUT2D eigenvalue weighted by molar-refractivity contribution is -0.133. The minimum absolute atomic E-state index is 0.0759. The number of carboxylic acid groups (broad SMARTS) is 1. The minimum atomic E-state index is -0.915. The summed E-state index contributed by atoms with van der Waals surface area (Å²) in [5, 5.41) is 21.2. The molecule has 2 aromatic heterocycles. The molecule has 0 unspecified atom stereocenters. The lowest BCUT2D eigenvalue weighted by Crippen LogP contribution is -2.11. The molecule has 0 aliphatic rings. The maximum atomic E-state index is 12.1. The summed E-state index contributed by atoms with van der Waals surface area (Å²) in [6.07, 6.45) is 0.794. The van der Waals surface area contributed by atoms with Crippen LogP contribution in [0.15, 0.2) is 15.8 Å². The number of aryl methyl sites for hydroxylation is 1. The molecular weight excluding hydrogens is 318 g/mol. The molecule has 0 saturated heterocycles. The first-order valence-corrected chi connectivity index (χ1v) is 8.34. The topological polar surface area (TPSA) is 92.2 Å². The first-order valence-electron chi connectivity index (χ1n) is 5.66. The number of thioether (sulfide) groups is 1. The molecule has 0 fully saturated rings. The predicted octanol–water partition coefficient (Wildman–Crippen LogP) is 2.59. The van der Waals surface area contributed by atoms with Crippen LogP contribution in [0.1, 0.15) is 22.2 Å². The lowest BCUT2D eigenvalue weighted by atomic mass is 10.2. The van der Waals surface area contributed by atoms with E-state index < -0.39 is 5.97 Å². The van der Waals surface area contributed by atoms with Crippen LogP contribution < -0.4 is 5.32 Å². The monoisotopic (exact) mass is 329 g/mol. The number of thiophene rings is 1. The van der Waals surface area contributed by atoms with Crippen molar-refractivity contribution < 1.29 is 14.7 Å². The van der Waals surface area contributed by atoms with Crippen LogP contribution >= 0.6 is 34.4 Å². The van der Waals surface area contributed by atoms with Crippen LogP contribution in [-0.4, -0.2) is 32.9 Å². The minimum Gasteiger partial charge on any atom is -0.481 e. The SMILES string of the molecule is CCc1ccsc1C(=O)Nc1nnc(SCC(=O)O)s1. The van der Waals surface area contributed by atoms with Crippen molar-refractivity contribution in [2.24, 2.45) is 0 Å². The van der Waals surface area contributed by atoms with Gasteiger partial charge in [0, 0.05) is 0 Å². The van der Waals surface area contributed by atoms with E-state index in [1.54, 1.807) is 0 Å². The van der Waals surface area contributed by atoms with Crippen molar-refractivity contribution in [3.8, 4) is 0 Å². The molecule has 2 heterocycles. The largest absolute Gasteiger partial charge is 0.481 e. The van der Waals surface area contributed by atoms with Crippen LogP contribution in [-0.2, 0) is 11.2 Å². The Morgan fingerprint density at radius 3 is 2.95 bits per heavy atom. The molecule has 0 aliphatic heterocycles. The van der Waals surface area contributed by atoms with Gasteiger partial charge in [-0.25, -0.2) is 0 Å². The highest BCUT2D eigenvalue weighted by atomic mass is 32.2. The third kappa shape index (κ3) is 3.78. The van der Waals surface area contributed by atoms with Gasteiger partial charge in [-0.2, -0.15) is 0 Å². The van der Waals surface area contributed by atoms with Gasteiger partial charge in [0.05, 0.1) is 10.6 Å². The number of anilines is 1. The maximum absolute atomic E-state index is 12.1. The smallest absolute Gasteiger partial charge is 0.313 e. The van der Waals surface area contributed by atoms with Gasteiger partial charge in [-0.05, 0) is 23.4 Å². The first kappa shape index (κ1) is 14.9. The van der Waals surface area contributed by atoms with Crippen molar-refractivity contribution in [3.05, 3.63) is 21.9 Å². The van der Waals surface area contributed by atoms with Gasteiger partial charge >= 0.3 is 5.97 Å². The van der Waals surface area contributed by atoms with Gasteiger partial charge in [0.25, 0.3) is 5.91 Å². The molecule has 0 spiro atoms. The summed E-state index contributed by atoms with van der Waals surface area (Å²) in [6.45, 7) is 1.99. The number of aromatic nitrogens is 2. The Balaban J connectivity index is 2.00. The van der Waals surface area contributed by atoms with Gasteiger partial charge in [0.1, 0.15) is 0 Å². The third-order valence-electron chi connectivity index (χ3n) is 2.28. The number of carbonyl (C=O) groups is 2. The molecule has 0 saturated carbocycles. The molecule has 2 rings (SSSR count). The standard InChI is InChI=1S/C11H11N3O3S3/c1-2-6-3-4-18-8(6)9(17)12-10-13-14-11(20-10)19-5-7(15)16/h3-4H,2,5H2,1H3,(H,15,16)(H,12,13,17). The molecule has 20 heavy (non-hydrogen) atoms. The van der Waals surface area contributed by atoms with Crippen LogP contribution in [0.3, 0.4) is 0 Å². The van der Waals surface area contributed by atoms with Crippen LogP contribution in [0, 0.1) is 0 Å². The van der Waals surface area contributed by atoms with Crippen LogP contribution in [0.2, 0.25) is 0 Å². The number of rotatable bonds is 6. The fourth-order valence-electron chi connectivity index (χ4n) is 1.41. The number of amides is 1. The Labute approximate surface area is 127 Å². The zero-order valence-corrected chi connectivity index (χ0v) is 12.9. The summed E-state index contributed by atoms with van der Waals surface area (Å²) in [6, 6.07) is 1.92. The summed E-state index contributed by atoms with van der Waals surface area (Å²) in [5.74, 6) is -1.20. The van der Waals surface area contributed by atoms with Gasteiger partial charge in [-0.15, -0.1) is 21.5 Å².